The number of nitrogens with zero attached hydrogens (tertiary/aromatic N) is 1. The largest absolute Gasteiger partial charge is 0.389 e. The molecule has 6 heteroatoms. The third-order valence-corrected chi connectivity index (χ3v) is 11.5. The molecule has 1 aromatic carbocycles. The zero-order valence-electron chi connectivity index (χ0n) is 17.8. The van der Waals surface area contributed by atoms with Crippen molar-refractivity contribution >= 4 is 10.3 Å². The van der Waals surface area contributed by atoms with Crippen molar-refractivity contribution < 1.29 is 18.1 Å². The van der Waals surface area contributed by atoms with Crippen molar-refractivity contribution in [3.8, 4) is 0 Å². The van der Waals surface area contributed by atoms with Crippen LogP contribution in [0.5, 0.6) is 0 Å². The second-order valence-electron chi connectivity index (χ2n) is 11.0. The maximum atomic E-state index is 11.8. The zero-order chi connectivity index (χ0) is 20.9. The lowest BCUT2D eigenvalue weighted by atomic mass is 9.48. The Balaban J connectivity index is 1.34. The highest BCUT2D eigenvalue weighted by molar-refractivity contribution is 7.83. The van der Waals surface area contributed by atoms with Crippen molar-refractivity contribution in [1.82, 2.24) is 4.31 Å². The van der Waals surface area contributed by atoms with Crippen LogP contribution in [0.4, 0.5) is 0 Å². The minimum Gasteiger partial charge on any atom is -0.389 e. The van der Waals surface area contributed by atoms with Gasteiger partial charge in [-0.1, -0.05) is 25.1 Å². The SMILES string of the molecule is C[C@]12CC[C@@H]3c4ccc(C5CCCN5S(=O)(=O)O)cc4CC[C@H]3C13CCC2(O)CC3. The van der Waals surface area contributed by atoms with Gasteiger partial charge in [-0.25, -0.2) is 0 Å². The fourth-order valence-corrected chi connectivity index (χ4v) is 9.80. The quantitative estimate of drug-likeness (QED) is 0.682. The molecule has 6 rings (SSSR count). The molecule has 1 aromatic rings. The Morgan fingerprint density at radius 3 is 2.57 bits per heavy atom. The van der Waals surface area contributed by atoms with E-state index in [1.807, 2.05) is 0 Å². The van der Waals surface area contributed by atoms with Crippen molar-refractivity contribution in [3.05, 3.63) is 34.9 Å². The summed E-state index contributed by atoms with van der Waals surface area (Å²) in [5.41, 5.74) is 3.81. The van der Waals surface area contributed by atoms with Gasteiger partial charge >= 0.3 is 10.3 Å². The summed E-state index contributed by atoms with van der Waals surface area (Å²) < 4.78 is 34.4. The minimum absolute atomic E-state index is 0.0818. The summed E-state index contributed by atoms with van der Waals surface area (Å²) in [7, 11) is -4.16. The van der Waals surface area contributed by atoms with Crippen LogP contribution in [0.15, 0.2) is 18.2 Å². The molecule has 1 saturated heterocycles. The molecule has 3 saturated carbocycles. The van der Waals surface area contributed by atoms with Gasteiger partial charge in [0.05, 0.1) is 11.6 Å². The zero-order valence-corrected chi connectivity index (χ0v) is 18.6. The molecule has 0 aromatic heterocycles. The predicted molar refractivity (Wildman–Crippen MR) is 114 cm³/mol. The van der Waals surface area contributed by atoms with Gasteiger partial charge in [-0.15, -0.1) is 0 Å². The topological polar surface area (TPSA) is 77.8 Å². The van der Waals surface area contributed by atoms with E-state index in [0.29, 0.717) is 23.8 Å². The van der Waals surface area contributed by atoms with E-state index < -0.39 is 15.9 Å². The van der Waals surface area contributed by atoms with Crippen molar-refractivity contribution in [2.45, 2.75) is 88.7 Å². The average Bonchev–Trinajstić information content (AvgIpc) is 3.35. The molecule has 1 unspecified atom stereocenters. The smallest absolute Gasteiger partial charge is 0.336 e. The molecule has 4 aliphatic carbocycles. The molecule has 1 aliphatic heterocycles. The summed E-state index contributed by atoms with van der Waals surface area (Å²) in [4.78, 5) is 0. The first kappa shape index (κ1) is 19.7. The van der Waals surface area contributed by atoms with E-state index in [-0.39, 0.29) is 11.5 Å². The van der Waals surface area contributed by atoms with E-state index in [2.05, 4.69) is 25.1 Å². The standard InChI is InChI=1S/C24H33NO4S/c1-22-9-8-19-18-6-4-17(21-3-2-14-25(21)30(27,28)29)15-16(18)5-7-20(19)23(22)10-12-24(22,26)13-11-23/h4,6,15,19-21,26H,2-3,5,7-14H2,1H3,(H,27,28,29)/t19-,20-,21?,22+,23?,24?/m1/s1. The molecule has 4 atom stereocenters. The number of rotatable bonds is 2. The lowest BCUT2D eigenvalue weighted by molar-refractivity contribution is -0.101. The maximum Gasteiger partial charge on any atom is 0.336 e. The van der Waals surface area contributed by atoms with Gasteiger partial charge in [0.15, 0.2) is 0 Å². The van der Waals surface area contributed by atoms with E-state index in [4.69, 9.17) is 0 Å². The third-order valence-electron chi connectivity index (χ3n) is 10.4. The van der Waals surface area contributed by atoms with Crippen LogP contribution < -0.4 is 0 Å². The first-order valence-electron chi connectivity index (χ1n) is 11.8. The molecular weight excluding hydrogens is 398 g/mol. The summed E-state index contributed by atoms with van der Waals surface area (Å²) in [6.45, 7) is 2.78. The van der Waals surface area contributed by atoms with Crippen molar-refractivity contribution in [2.24, 2.45) is 16.7 Å². The second-order valence-corrected chi connectivity index (χ2v) is 12.4. The molecule has 5 aliphatic rings. The van der Waals surface area contributed by atoms with E-state index in [1.54, 1.807) is 0 Å². The third kappa shape index (κ3) is 2.31. The molecule has 4 fully saturated rings. The Kier molecular flexibility index (Phi) is 4.00. The van der Waals surface area contributed by atoms with Gasteiger partial charge in [-0.2, -0.15) is 12.7 Å². The fourth-order valence-electron chi connectivity index (χ4n) is 8.89. The molecule has 2 bridgehead atoms. The van der Waals surface area contributed by atoms with Crippen molar-refractivity contribution in [1.29, 1.82) is 0 Å². The van der Waals surface area contributed by atoms with E-state index in [0.717, 1.165) is 50.5 Å². The van der Waals surface area contributed by atoms with Crippen LogP contribution in [0.1, 0.15) is 93.4 Å². The highest BCUT2D eigenvalue weighted by Gasteiger charge is 2.73. The van der Waals surface area contributed by atoms with Crippen LogP contribution in [0.3, 0.4) is 0 Å². The summed E-state index contributed by atoms with van der Waals surface area (Å²) in [5.74, 6) is 1.23. The van der Waals surface area contributed by atoms with Crippen LogP contribution >= 0.6 is 0 Å². The molecular formula is C24H33NO4S. The van der Waals surface area contributed by atoms with E-state index in [1.165, 1.54) is 34.7 Å². The van der Waals surface area contributed by atoms with Crippen molar-refractivity contribution in [2.75, 3.05) is 6.54 Å². The molecule has 0 radical (unpaired) electrons. The Morgan fingerprint density at radius 2 is 1.83 bits per heavy atom. The van der Waals surface area contributed by atoms with Crippen LogP contribution in [0.2, 0.25) is 0 Å². The van der Waals surface area contributed by atoms with Crippen LogP contribution in [-0.2, 0) is 16.7 Å². The molecule has 30 heavy (non-hydrogen) atoms. The van der Waals surface area contributed by atoms with Crippen molar-refractivity contribution in [3.63, 3.8) is 0 Å². The molecule has 164 valence electrons. The Morgan fingerprint density at radius 1 is 1.07 bits per heavy atom. The molecule has 0 amide bonds. The van der Waals surface area contributed by atoms with Gasteiger partial charge in [-0.05, 0) is 98.1 Å². The monoisotopic (exact) mass is 431 g/mol. The number of hydrogen-bond donors (Lipinski definition) is 2. The summed E-state index contributed by atoms with van der Waals surface area (Å²) in [6.07, 6.45) is 10.4. The Hall–Kier alpha value is -0.950. The summed E-state index contributed by atoms with van der Waals surface area (Å²) in [6, 6.07) is 6.36. The lowest BCUT2D eigenvalue weighted by Crippen LogP contribution is -2.51. The van der Waals surface area contributed by atoms with Gasteiger partial charge in [0, 0.05) is 12.0 Å². The molecule has 0 spiro atoms. The number of hydrogen-bond acceptors (Lipinski definition) is 3. The van der Waals surface area contributed by atoms with Gasteiger partial charge < -0.3 is 5.11 Å². The minimum atomic E-state index is -4.16. The highest BCUT2D eigenvalue weighted by atomic mass is 32.2. The Labute approximate surface area is 179 Å². The van der Waals surface area contributed by atoms with Gasteiger partial charge in [0.25, 0.3) is 0 Å². The second kappa shape index (κ2) is 6.09. The summed E-state index contributed by atoms with van der Waals surface area (Å²) >= 11 is 0. The number of benzene rings is 1. The normalized spacial score (nSPS) is 45.2. The van der Waals surface area contributed by atoms with E-state index in [9.17, 15) is 18.1 Å². The lowest BCUT2D eigenvalue weighted by Gasteiger charge is -2.56. The highest BCUT2D eigenvalue weighted by Crippen LogP contribution is 2.77. The predicted octanol–water partition coefficient (Wildman–Crippen LogP) is 4.38. The van der Waals surface area contributed by atoms with Crippen LogP contribution in [0, 0.1) is 16.7 Å². The summed E-state index contributed by atoms with van der Waals surface area (Å²) in [5, 5.41) is 11.4. The van der Waals surface area contributed by atoms with Gasteiger partial charge in [-0.3, -0.25) is 4.55 Å². The van der Waals surface area contributed by atoms with Crippen LogP contribution in [-0.4, -0.2) is 34.5 Å². The number of aliphatic hydroxyl groups is 1. The number of fused-ring (bicyclic) bond motifs is 3. The Bertz CT molecular complexity index is 996. The maximum absolute atomic E-state index is 11.8. The van der Waals surface area contributed by atoms with Gasteiger partial charge in [0.2, 0.25) is 0 Å². The number of aryl methyl sites for hydroxylation is 1. The van der Waals surface area contributed by atoms with Crippen LogP contribution in [0.25, 0.3) is 0 Å². The molecule has 2 N–H and O–H groups in total. The molecule has 5 nitrogen and oxygen atoms in total. The van der Waals surface area contributed by atoms with Gasteiger partial charge in [0.1, 0.15) is 0 Å². The molecule has 1 heterocycles. The average molecular weight is 432 g/mol. The van der Waals surface area contributed by atoms with E-state index >= 15 is 0 Å². The first-order valence-corrected chi connectivity index (χ1v) is 13.2. The fraction of sp³-hybridized carbons (Fsp3) is 0.750. The first-order chi connectivity index (χ1) is 14.2.